The van der Waals surface area contributed by atoms with Crippen LogP contribution in [0.5, 0.6) is 0 Å². The maximum absolute atomic E-state index is 11.4. The molecule has 2 aliphatic heterocycles. The second-order valence-corrected chi connectivity index (χ2v) is 5.28. The molecule has 0 aromatic heterocycles. The minimum absolute atomic E-state index is 0.0887. The lowest BCUT2D eigenvalue weighted by molar-refractivity contribution is 0.123. The third kappa shape index (κ3) is 3.10. The van der Waals surface area contributed by atoms with Crippen LogP contribution in [0.4, 0.5) is 4.79 Å². The molecule has 2 fully saturated rings. The number of carbonyl (C=O) groups excluding carboxylic acids is 1. The van der Waals surface area contributed by atoms with E-state index in [1.807, 2.05) is 4.90 Å². The molecule has 2 unspecified atom stereocenters. The van der Waals surface area contributed by atoms with Gasteiger partial charge in [-0.25, -0.2) is 4.79 Å². The van der Waals surface area contributed by atoms with Crippen LogP contribution in [0.3, 0.4) is 0 Å². The summed E-state index contributed by atoms with van der Waals surface area (Å²) in [6.45, 7) is 8.78. The van der Waals surface area contributed by atoms with Gasteiger partial charge in [-0.2, -0.15) is 0 Å². The van der Waals surface area contributed by atoms with E-state index in [9.17, 15) is 4.79 Å². The highest BCUT2D eigenvalue weighted by Gasteiger charge is 2.26. The highest BCUT2D eigenvalue weighted by Crippen LogP contribution is 2.21. The second-order valence-electron chi connectivity index (χ2n) is 5.28. The highest BCUT2D eigenvalue weighted by molar-refractivity contribution is 5.76. The van der Waals surface area contributed by atoms with Gasteiger partial charge in [0.2, 0.25) is 0 Å². The van der Waals surface area contributed by atoms with E-state index in [1.165, 1.54) is 6.42 Å². The monoisotopic (exact) mass is 240 g/mol. The van der Waals surface area contributed by atoms with Crippen molar-refractivity contribution in [3.05, 3.63) is 0 Å². The quantitative estimate of drug-likeness (QED) is 0.723. The van der Waals surface area contributed by atoms with Crippen molar-refractivity contribution in [1.29, 1.82) is 0 Å². The van der Waals surface area contributed by atoms with Gasteiger partial charge in [-0.3, -0.25) is 0 Å². The van der Waals surface area contributed by atoms with Crippen LogP contribution in [0.25, 0.3) is 0 Å². The van der Waals surface area contributed by atoms with Crippen molar-refractivity contribution in [2.75, 3.05) is 45.8 Å². The number of nitrogens with one attached hydrogen (secondary N) is 1. The predicted octanol–water partition coefficient (Wildman–Crippen LogP) is -0.0717. The number of likely N-dealkylation sites (tertiary alicyclic amines) is 1. The fourth-order valence-electron chi connectivity index (χ4n) is 2.72. The Morgan fingerprint density at radius 3 is 2.88 bits per heavy atom. The third-order valence-corrected chi connectivity index (χ3v) is 4.13. The predicted molar refractivity (Wildman–Crippen MR) is 67.7 cm³/mol. The molecule has 0 spiro atoms. The smallest absolute Gasteiger partial charge is 0.317 e. The molecule has 98 valence electrons. The van der Waals surface area contributed by atoms with Gasteiger partial charge in [-0.15, -0.1) is 0 Å². The largest absolute Gasteiger partial charge is 0.336 e. The number of nitrogens with zero attached hydrogens (tertiary/aromatic N) is 2. The fraction of sp³-hybridized carbons (Fsp3) is 0.917. The van der Waals surface area contributed by atoms with Gasteiger partial charge in [0.25, 0.3) is 0 Å². The lowest BCUT2D eigenvalue weighted by Crippen LogP contribution is -2.45. The zero-order valence-corrected chi connectivity index (χ0v) is 10.7. The molecule has 2 aliphatic rings. The molecular weight excluding hydrogens is 216 g/mol. The highest BCUT2D eigenvalue weighted by atomic mass is 16.2. The van der Waals surface area contributed by atoms with Gasteiger partial charge in [-0.05, 0) is 31.3 Å². The molecule has 2 amide bonds. The number of hydrogen-bond acceptors (Lipinski definition) is 3. The summed E-state index contributed by atoms with van der Waals surface area (Å²) in [5, 5.41) is 2.83. The minimum atomic E-state index is 0.0887. The average Bonchev–Trinajstić information content (AvgIpc) is 2.74. The first-order valence-electron chi connectivity index (χ1n) is 6.66. The van der Waals surface area contributed by atoms with E-state index in [1.54, 1.807) is 0 Å². The van der Waals surface area contributed by atoms with Crippen LogP contribution in [-0.2, 0) is 0 Å². The summed E-state index contributed by atoms with van der Waals surface area (Å²) in [6.07, 6.45) is 1.23. The van der Waals surface area contributed by atoms with Crippen molar-refractivity contribution in [1.82, 2.24) is 15.1 Å². The summed E-state index contributed by atoms with van der Waals surface area (Å²) in [5.74, 6) is 1.36. The molecule has 0 bridgehead atoms. The molecule has 2 rings (SSSR count). The Kier molecular flexibility index (Phi) is 4.23. The number of rotatable bonds is 4. The number of urea groups is 1. The van der Waals surface area contributed by atoms with Crippen LogP contribution in [0.1, 0.15) is 13.3 Å². The summed E-state index contributed by atoms with van der Waals surface area (Å²) in [7, 11) is 0. The number of piperidine rings is 1. The van der Waals surface area contributed by atoms with Crippen LogP contribution in [0, 0.1) is 11.8 Å². The molecule has 0 saturated carbocycles. The molecular formula is C12H24N4O. The van der Waals surface area contributed by atoms with Gasteiger partial charge in [-0.1, -0.05) is 6.92 Å². The van der Waals surface area contributed by atoms with Gasteiger partial charge in [0.15, 0.2) is 0 Å². The van der Waals surface area contributed by atoms with Crippen molar-refractivity contribution < 1.29 is 4.79 Å². The van der Waals surface area contributed by atoms with E-state index in [-0.39, 0.29) is 6.03 Å². The summed E-state index contributed by atoms with van der Waals surface area (Å²) < 4.78 is 0. The van der Waals surface area contributed by atoms with Crippen molar-refractivity contribution >= 4 is 6.03 Å². The normalized spacial score (nSPS) is 30.7. The van der Waals surface area contributed by atoms with Gasteiger partial charge in [0.1, 0.15) is 0 Å². The van der Waals surface area contributed by atoms with Crippen molar-refractivity contribution in [2.45, 2.75) is 13.3 Å². The minimum Gasteiger partial charge on any atom is -0.336 e. The Morgan fingerprint density at radius 1 is 1.41 bits per heavy atom. The summed E-state index contributed by atoms with van der Waals surface area (Å²) in [4.78, 5) is 15.7. The van der Waals surface area contributed by atoms with Crippen molar-refractivity contribution in [3.63, 3.8) is 0 Å². The maximum atomic E-state index is 11.4. The molecule has 0 aliphatic carbocycles. The number of nitrogens with two attached hydrogens (primary N) is 1. The maximum Gasteiger partial charge on any atom is 0.317 e. The first-order valence-corrected chi connectivity index (χ1v) is 6.66. The molecule has 0 radical (unpaired) electrons. The number of carbonyl (C=O) groups is 1. The van der Waals surface area contributed by atoms with Gasteiger partial charge >= 0.3 is 6.03 Å². The van der Waals surface area contributed by atoms with Crippen LogP contribution in [-0.4, -0.2) is 61.6 Å². The Hall–Kier alpha value is -0.810. The summed E-state index contributed by atoms with van der Waals surface area (Å²) in [6, 6.07) is 0.0887. The Balaban J connectivity index is 1.74. The average molecular weight is 240 g/mol. The zero-order valence-electron chi connectivity index (χ0n) is 10.7. The molecule has 3 N–H and O–H groups in total. The Bertz CT molecular complexity index is 271. The van der Waals surface area contributed by atoms with Crippen molar-refractivity contribution in [2.24, 2.45) is 17.6 Å². The topological polar surface area (TPSA) is 61.6 Å². The summed E-state index contributed by atoms with van der Waals surface area (Å²) in [5.41, 5.74) is 5.80. The number of amides is 2. The lowest BCUT2D eigenvalue weighted by Gasteiger charge is -2.37. The fourth-order valence-corrected chi connectivity index (χ4v) is 2.72. The lowest BCUT2D eigenvalue weighted by atomic mass is 9.87. The zero-order chi connectivity index (χ0) is 12.3. The molecule has 0 aromatic rings. The van der Waals surface area contributed by atoms with E-state index in [4.69, 9.17) is 5.73 Å². The SMILES string of the molecule is CC1CCN(CCN2CCNC2=O)CC1CN. The molecule has 5 nitrogen and oxygen atoms in total. The molecule has 2 heterocycles. The van der Waals surface area contributed by atoms with Crippen LogP contribution < -0.4 is 11.1 Å². The van der Waals surface area contributed by atoms with Crippen molar-refractivity contribution in [3.8, 4) is 0 Å². The van der Waals surface area contributed by atoms with E-state index >= 15 is 0 Å². The van der Waals surface area contributed by atoms with Gasteiger partial charge in [0.05, 0.1) is 0 Å². The van der Waals surface area contributed by atoms with Crippen LogP contribution in [0.2, 0.25) is 0 Å². The van der Waals surface area contributed by atoms with E-state index in [2.05, 4.69) is 17.1 Å². The molecule has 5 heteroatoms. The summed E-state index contributed by atoms with van der Waals surface area (Å²) >= 11 is 0. The first kappa shape index (κ1) is 12.6. The second kappa shape index (κ2) is 5.69. The molecule has 17 heavy (non-hydrogen) atoms. The molecule has 0 aromatic carbocycles. The van der Waals surface area contributed by atoms with E-state index < -0.39 is 0 Å². The van der Waals surface area contributed by atoms with Crippen LogP contribution in [0.15, 0.2) is 0 Å². The standard InChI is InChI=1S/C12H24N4O/c1-10-2-4-15(9-11(10)8-13)6-7-16-5-3-14-12(16)17/h10-11H,2-9,13H2,1H3,(H,14,17). The first-order chi connectivity index (χ1) is 8.20. The van der Waals surface area contributed by atoms with Crippen LogP contribution >= 0.6 is 0 Å². The molecule has 2 saturated heterocycles. The third-order valence-electron chi connectivity index (χ3n) is 4.13. The Labute approximate surface area is 103 Å². The molecule has 2 atom stereocenters. The van der Waals surface area contributed by atoms with Gasteiger partial charge in [0, 0.05) is 32.7 Å². The van der Waals surface area contributed by atoms with E-state index in [0.717, 1.165) is 51.7 Å². The van der Waals surface area contributed by atoms with E-state index in [0.29, 0.717) is 5.92 Å². The van der Waals surface area contributed by atoms with Gasteiger partial charge < -0.3 is 20.9 Å². The number of hydrogen-bond donors (Lipinski definition) is 2. The Morgan fingerprint density at radius 2 is 2.24 bits per heavy atom.